The van der Waals surface area contributed by atoms with Gasteiger partial charge < -0.3 is 0 Å². The Morgan fingerprint density at radius 2 is 1.80 bits per heavy atom. The van der Waals surface area contributed by atoms with Crippen LogP contribution in [0.4, 0.5) is 9.52 Å². The van der Waals surface area contributed by atoms with Crippen LogP contribution >= 0.6 is 11.3 Å². The lowest BCUT2D eigenvalue weighted by molar-refractivity contribution is 0.0549. The van der Waals surface area contributed by atoms with Gasteiger partial charge in [-0.05, 0) is 49.2 Å². The predicted octanol–water partition coefficient (Wildman–Crippen LogP) is 4.62. The molecule has 1 aliphatic heterocycles. The van der Waals surface area contributed by atoms with E-state index in [1.54, 1.807) is 12.1 Å². The number of fused-ring (bicyclic) bond motifs is 2. The molecule has 1 aromatic heterocycles. The monoisotopic (exact) mass is 423 g/mol. The van der Waals surface area contributed by atoms with Crippen LogP contribution in [0, 0.1) is 5.82 Å². The first kappa shape index (κ1) is 18.9. The molecular weight excluding hydrogens is 405 g/mol. The molecule has 30 heavy (non-hydrogen) atoms. The van der Waals surface area contributed by atoms with Crippen LogP contribution in [0.3, 0.4) is 0 Å². The zero-order valence-electron chi connectivity index (χ0n) is 16.0. The lowest BCUT2D eigenvalue weighted by atomic mass is 9.94. The Hall–Kier alpha value is -3.13. The number of benzene rings is 2. The van der Waals surface area contributed by atoms with E-state index in [0.29, 0.717) is 20.9 Å². The molecule has 0 radical (unpaired) electrons. The maximum absolute atomic E-state index is 13.4. The number of amides is 3. The van der Waals surface area contributed by atoms with E-state index < -0.39 is 5.91 Å². The summed E-state index contributed by atoms with van der Waals surface area (Å²) in [6.07, 6.45) is 4.81. The van der Waals surface area contributed by atoms with Crippen molar-refractivity contribution in [3.8, 4) is 0 Å². The quantitative estimate of drug-likeness (QED) is 0.624. The van der Waals surface area contributed by atoms with E-state index in [9.17, 15) is 18.8 Å². The molecule has 0 spiro atoms. The van der Waals surface area contributed by atoms with Crippen LogP contribution in [-0.4, -0.2) is 33.6 Å². The normalized spacial score (nSPS) is 16.9. The third-order valence-electron chi connectivity index (χ3n) is 5.69. The van der Waals surface area contributed by atoms with E-state index in [4.69, 9.17) is 0 Å². The van der Waals surface area contributed by atoms with Gasteiger partial charge >= 0.3 is 0 Å². The van der Waals surface area contributed by atoms with Crippen LogP contribution in [-0.2, 0) is 0 Å². The fraction of sp³-hybridized carbons (Fsp3) is 0.273. The standard InChI is InChI=1S/C22H18FN3O3S/c23-13-7-9-17-18(11-13)30-22(24-17)25-19(27)12-6-8-15-16(10-12)21(29)26(20(15)28)14-4-2-1-3-5-14/h6-11,14H,1-5H2,(H,24,25,27). The highest BCUT2D eigenvalue weighted by Crippen LogP contribution is 2.32. The maximum Gasteiger partial charge on any atom is 0.261 e. The average molecular weight is 423 g/mol. The van der Waals surface area contributed by atoms with E-state index in [1.807, 2.05) is 0 Å². The Morgan fingerprint density at radius 3 is 2.60 bits per heavy atom. The first-order valence-electron chi connectivity index (χ1n) is 9.90. The Morgan fingerprint density at radius 1 is 1.03 bits per heavy atom. The van der Waals surface area contributed by atoms with E-state index in [2.05, 4.69) is 10.3 Å². The van der Waals surface area contributed by atoms with Crippen LogP contribution in [0.15, 0.2) is 36.4 Å². The summed E-state index contributed by atoms with van der Waals surface area (Å²) < 4.78 is 14.0. The first-order valence-corrected chi connectivity index (χ1v) is 10.7. The average Bonchev–Trinajstić information content (AvgIpc) is 3.25. The van der Waals surface area contributed by atoms with Gasteiger partial charge in [0.2, 0.25) is 0 Å². The molecule has 0 unspecified atom stereocenters. The molecule has 2 aliphatic rings. The number of halogens is 1. The molecule has 1 fully saturated rings. The summed E-state index contributed by atoms with van der Waals surface area (Å²) in [5.74, 6) is -1.41. The summed E-state index contributed by atoms with van der Waals surface area (Å²) in [5, 5.41) is 3.04. The van der Waals surface area contributed by atoms with Crippen molar-refractivity contribution in [2.24, 2.45) is 0 Å². The summed E-state index contributed by atoms with van der Waals surface area (Å²) in [7, 11) is 0. The van der Waals surface area contributed by atoms with Gasteiger partial charge in [0.05, 0.1) is 21.3 Å². The van der Waals surface area contributed by atoms with Gasteiger partial charge in [-0.15, -0.1) is 0 Å². The van der Waals surface area contributed by atoms with Gasteiger partial charge in [0.15, 0.2) is 5.13 Å². The topological polar surface area (TPSA) is 79.4 Å². The van der Waals surface area contributed by atoms with Crippen molar-refractivity contribution in [1.29, 1.82) is 0 Å². The molecule has 0 atom stereocenters. The molecule has 2 heterocycles. The van der Waals surface area contributed by atoms with Gasteiger partial charge in [-0.3, -0.25) is 24.6 Å². The van der Waals surface area contributed by atoms with Gasteiger partial charge in [0.25, 0.3) is 17.7 Å². The van der Waals surface area contributed by atoms with Crippen LogP contribution in [0.5, 0.6) is 0 Å². The number of carbonyl (C=O) groups excluding carboxylic acids is 3. The van der Waals surface area contributed by atoms with Gasteiger partial charge in [0.1, 0.15) is 5.82 Å². The van der Waals surface area contributed by atoms with Crippen LogP contribution in [0.1, 0.15) is 63.2 Å². The van der Waals surface area contributed by atoms with E-state index in [-0.39, 0.29) is 34.8 Å². The Kier molecular flexibility index (Phi) is 4.58. The molecule has 2 aromatic carbocycles. The molecule has 1 saturated carbocycles. The van der Waals surface area contributed by atoms with Crippen LogP contribution in [0.2, 0.25) is 0 Å². The third kappa shape index (κ3) is 3.17. The van der Waals surface area contributed by atoms with Crippen LogP contribution < -0.4 is 5.32 Å². The highest BCUT2D eigenvalue weighted by Gasteiger charge is 2.40. The van der Waals surface area contributed by atoms with Crippen molar-refractivity contribution in [3.63, 3.8) is 0 Å². The summed E-state index contributed by atoms with van der Waals surface area (Å²) >= 11 is 1.17. The molecule has 152 valence electrons. The summed E-state index contributed by atoms with van der Waals surface area (Å²) in [6, 6.07) is 8.72. The van der Waals surface area contributed by atoms with Gasteiger partial charge in [-0.1, -0.05) is 30.6 Å². The lowest BCUT2D eigenvalue weighted by Gasteiger charge is -2.29. The second-order valence-electron chi connectivity index (χ2n) is 7.62. The van der Waals surface area contributed by atoms with Crippen molar-refractivity contribution < 1.29 is 18.8 Å². The minimum Gasteiger partial charge on any atom is -0.298 e. The highest BCUT2D eigenvalue weighted by atomic mass is 32.1. The van der Waals surface area contributed by atoms with Crippen molar-refractivity contribution in [2.75, 3.05) is 5.32 Å². The van der Waals surface area contributed by atoms with Crippen molar-refractivity contribution >= 4 is 44.4 Å². The van der Waals surface area contributed by atoms with E-state index >= 15 is 0 Å². The molecule has 3 aromatic rings. The van der Waals surface area contributed by atoms with Gasteiger partial charge in [0, 0.05) is 11.6 Å². The second kappa shape index (κ2) is 7.28. The number of anilines is 1. The number of hydrogen-bond acceptors (Lipinski definition) is 5. The molecule has 0 saturated heterocycles. The van der Waals surface area contributed by atoms with Crippen molar-refractivity contribution in [3.05, 3.63) is 58.9 Å². The fourth-order valence-electron chi connectivity index (χ4n) is 4.19. The van der Waals surface area contributed by atoms with Gasteiger partial charge in [-0.2, -0.15) is 0 Å². The number of rotatable bonds is 3. The third-order valence-corrected chi connectivity index (χ3v) is 6.62. The summed E-state index contributed by atoms with van der Waals surface area (Å²) in [6.45, 7) is 0. The molecule has 1 N–H and O–H groups in total. The number of nitrogens with one attached hydrogen (secondary N) is 1. The number of thiazole rings is 1. The largest absolute Gasteiger partial charge is 0.298 e. The maximum atomic E-state index is 13.4. The molecule has 8 heteroatoms. The number of imide groups is 1. The number of nitrogens with zero attached hydrogens (tertiary/aromatic N) is 2. The Labute approximate surface area is 175 Å². The summed E-state index contributed by atoms with van der Waals surface area (Å²) in [4.78, 5) is 44.0. The molecule has 5 rings (SSSR count). The molecule has 1 aliphatic carbocycles. The molecule has 0 bridgehead atoms. The molecule has 6 nitrogen and oxygen atoms in total. The Bertz CT molecular complexity index is 1200. The van der Waals surface area contributed by atoms with E-state index in [0.717, 1.165) is 32.1 Å². The second-order valence-corrected chi connectivity index (χ2v) is 8.65. The predicted molar refractivity (Wildman–Crippen MR) is 111 cm³/mol. The van der Waals surface area contributed by atoms with Crippen molar-refractivity contribution in [1.82, 2.24) is 9.88 Å². The number of aromatic nitrogens is 1. The zero-order chi connectivity index (χ0) is 20.8. The first-order chi connectivity index (χ1) is 14.5. The minimum atomic E-state index is -0.436. The lowest BCUT2D eigenvalue weighted by Crippen LogP contribution is -2.40. The van der Waals surface area contributed by atoms with Crippen LogP contribution in [0.25, 0.3) is 10.2 Å². The van der Waals surface area contributed by atoms with Crippen molar-refractivity contribution in [2.45, 2.75) is 38.1 Å². The highest BCUT2D eigenvalue weighted by molar-refractivity contribution is 7.22. The zero-order valence-corrected chi connectivity index (χ0v) is 16.8. The molecule has 3 amide bonds. The van der Waals surface area contributed by atoms with E-state index in [1.165, 1.54) is 40.5 Å². The Balaban J connectivity index is 1.39. The number of carbonyl (C=O) groups is 3. The smallest absolute Gasteiger partial charge is 0.261 e. The summed E-state index contributed by atoms with van der Waals surface area (Å²) in [5.41, 5.74) is 1.47. The van der Waals surface area contributed by atoms with Gasteiger partial charge in [-0.25, -0.2) is 9.37 Å². The fourth-order valence-corrected chi connectivity index (χ4v) is 5.08. The number of hydrogen-bond donors (Lipinski definition) is 1. The minimum absolute atomic E-state index is 0.0634. The molecular formula is C22H18FN3O3S. The SMILES string of the molecule is O=C(Nc1nc2ccc(F)cc2s1)c1ccc2c(c1)C(=O)N(C1CCCCC1)C2=O.